The number of H-pyrrole nitrogens is 1. The largest absolute Gasteiger partial charge is 0.493 e. The Morgan fingerprint density at radius 1 is 1.21 bits per heavy atom. The molecule has 3 aromatic rings. The fourth-order valence-electron chi connectivity index (χ4n) is 5.02. The van der Waals surface area contributed by atoms with E-state index in [0.717, 1.165) is 6.42 Å². The zero-order valence-corrected chi connectivity index (χ0v) is 22.9. The molecule has 1 aromatic carbocycles. The maximum absolute atomic E-state index is 13.5. The molecule has 11 nitrogen and oxygen atoms in total. The van der Waals surface area contributed by atoms with Gasteiger partial charge < -0.3 is 25.0 Å². The minimum absolute atomic E-state index is 0.0830. The second-order valence-corrected chi connectivity index (χ2v) is 11.1. The predicted molar refractivity (Wildman–Crippen MR) is 143 cm³/mol. The van der Waals surface area contributed by atoms with Gasteiger partial charge in [0.1, 0.15) is 22.6 Å². The highest BCUT2D eigenvalue weighted by Crippen LogP contribution is 2.32. The van der Waals surface area contributed by atoms with Crippen molar-refractivity contribution >= 4 is 16.5 Å². The van der Waals surface area contributed by atoms with Gasteiger partial charge in [-0.3, -0.25) is 4.79 Å². The molecule has 0 amide bonds. The first kappa shape index (κ1) is 28.4. The molecule has 0 spiro atoms. The van der Waals surface area contributed by atoms with Gasteiger partial charge in [-0.1, -0.05) is 6.92 Å². The molecule has 0 aliphatic carbocycles. The van der Waals surface area contributed by atoms with Crippen molar-refractivity contribution < 1.29 is 24.3 Å². The molecule has 3 heterocycles. The molecule has 1 fully saturated rings. The number of ether oxygens (including phenoxy) is 1. The minimum atomic E-state index is -1.49. The predicted octanol–water partition coefficient (Wildman–Crippen LogP) is 1.44. The van der Waals surface area contributed by atoms with E-state index in [9.17, 15) is 24.3 Å². The first-order chi connectivity index (χ1) is 18.3. The fourth-order valence-corrected chi connectivity index (χ4v) is 6.26. The number of rotatable bonds is 11. The van der Waals surface area contributed by atoms with Crippen molar-refractivity contribution in [2.75, 3.05) is 32.9 Å². The van der Waals surface area contributed by atoms with Gasteiger partial charge in [0.15, 0.2) is 11.3 Å². The van der Waals surface area contributed by atoms with Crippen molar-refractivity contribution in [3.05, 3.63) is 40.1 Å². The van der Waals surface area contributed by atoms with E-state index in [0.29, 0.717) is 78.0 Å². The number of aromatic amines is 1. The molecule has 2 atom stereocenters. The van der Waals surface area contributed by atoms with Gasteiger partial charge in [0.05, 0.1) is 42.1 Å². The van der Waals surface area contributed by atoms with E-state index in [4.69, 9.17) is 9.84 Å². The molecule has 2 aromatic heterocycles. The maximum Gasteiger partial charge on any atom is 0.277 e. The number of hydrogen-bond acceptors (Lipinski definition) is 8. The smallest absolute Gasteiger partial charge is 0.277 e. The number of aliphatic hydroxyl groups excluding tert-OH is 3. The average molecular weight is 548 g/mol. The Labute approximate surface area is 224 Å². The van der Waals surface area contributed by atoms with Crippen molar-refractivity contribution in [2.45, 2.75) is 57.5 Å². The van der Waals surface area contributed by atoms with E-state index in [1.54, 1.807) is 29.6 Å². The van der Waals surface area contributed by atoms with Crippen LogP contribution < -0.4 is 10.3 Å². The minimum Gasteiger partial charge on any atom is -0.493 e. The lowest BCUT2D eigenvalue weighted by molar-refractivity contribution is -0.0164. The van der Waals surface area contributed by atoms with Gasteiger partial charge in [0, 0.05) is 25.4 Å². The van der Waals surface area contributed by atoms with Crippen molar-refractivity contribution in [3.63, 3.8) is 0 Å². The Balaban J connectivity index is 1.63. The molecule has 1 aliphatic heterocycles. The van der Waals surface area contributed by atoms with Gasteiger partial charge in [-0.25, -0.2) is 18.0 Å². The third-order valence-corrected chi connectivity index (χ3v) is 8.58. The van der Waals surface area contributed by atoms with Crippen molar-refractivity contribution in [3.8, 4) is 17.1 Å². The second kappa shape index (κ2) is 12.5. The summed E-state index contributed by atoms with van der Waals surface area (Å²) in [6, 6.07) is 5.23. The van der Waals surface area contributed by atoms with Crippen LogP contribution in [-0.2, 0) is 17.4 Å². The molecule has 1 aliphatic rings. The molecule has 4 N–H and O–H groups in total. The number of nitrogens with one attached hydrogen (secondary N) is 1. The zero-order chi connectivity index (χ0) is 27.4. The second-order valence-electron chi connectivity index (χ2n) is 9.65. The van der Waals surface area contributed by atoms with Crippen LogP contribution in [0.2, 0.25) is 0 Å². The number of aryl methyl sites for hydroxylation is 2. The number of hydrogen-bond donors (Lipinski definition) is 4. The summed E-state index contributed by atoms with van der Waals surface area (Å²) in [5, 5.41) is 34.0. The Bertz CT molecular complexity index is 1330. The quantitative estimate of drug-likeness (QED) is 0.281. The van der Waals surface area contributed by atoms with E-state index < -0.39 is 23.0 Å². The monoisotopic (exact) mass is 547 g/mol. The molecule has 2 unspecified atom stereocenters. The van der Waals surface area contributed by atoms with Crippen LogP contribution in [-0.4, -0.2) is 82.4 Å². The maximum atomic E-state index is 13.5. The normalized spacial score (nSPS) is 16.8. The number of aliphatic hydroxyl groups is 3. The molecule has 0 saturated carbocycles. The molecule has 12 heteroatoms. The van der Waals surface area contributed by atoms with Crippen molar-refractivity contribution in [1.29, 1.82) is 0 Å². The Morgan fingerprint density at radius 3 is 2.55 bits per heavy atom. The third kappa shape index (κ3) is 5.69. The summed E-state index contributed by atoms with van der Waals surface area (Å²) in [5.74, 6) is 0.876. The molecule has 0 bridgehead atoms. The van der Waals surface area contributed by atoms with Crippen LogP contribution in [0, 0.1) is 18.8 Å². The van der Waals surface area contributed by atoms with Crippen LogP contribution in [0.15, 0.2) is 27.9 Å². The molecular weight excluding hydrogens is 510 g/mol. The number of nitrogens with zero attached hydrogens (tertiary/aromatic N) is 4. The highest BCUT2D eigenvalue weighted by atomic mass is 32.2. The first-order valence-electron chi connectivity index (χ1n) is 13.1. The van der Waals surface area contributed by atoms with Crippen molar-refractivity contribution in [2.24, 2.45) is 11.8 Å². The summed E-state index contributed by atoms with van der Waals surface area (Å²) in [4.78, 5) is 20.9. The van der Waals surface area contributed by atoms with Gasteiger partial charge in [-0.15, -0.1) is 5.10 Å². The molecule has 4 rings (SSSR count). The molecule has 0 radical (unpaired) electrons. The summed E-state index contributed by atoms with van der Waals surface area (Å²) in [5.41, 5.74) is 1.25. The Hall–Kier alpha value is -2.64. The lowest BCUT2D eigenvalue weighted by Gasteiger charge is -2.35. The van der Waals surface area contributed by atoms with E-state index in [2.05, 4.69) is 9.97 Å². The highest BCUT2D eigenvalue weighted by Gasteiger charge is 2.32. The number of aromatic nitrogens is 4. The molecule has 208 valence electrons. The summed E-state index contributed by atoms with van der Waals surface area (Å²) in [6.45, 7) is 6.54. The van der Waals surface area contributed by atoms with Crippen LogP contribution in [0.1, 0.15) is 44.6 Å². The van der Waals surface area contributed by atoms with Crippen LogP contribution in [0.25, 0.3) is 16.9 Å². The van der Waals surface area contributed by atoms with Crippen LogP contribution in [0.5, 0.6) is 5.75 Å². The fraction of sp³-hybridized carbons (Fsp3) is 0.577. The first-order valence-corrected chi connectivity index (χ1v) is 14.3. The van der Waals surface area contributed by atoms with E-state index in [1.807, 2.05) is 18.2 Å². The van der Waals surface area contributed by atoms with Crippen LogP contribution >= 0.6 is 0 Å². The molecular formula is C26H37N5O6S. The standard InChI is InChI=1S/C26H37N5O6S/c1-4-6-22-27-16(3)23-26(35)28-25(29-31(22)23)20-13-19(7-8-21(20)37-5-2)38(36)30-11-9-17(10-12-30)24(34)18(14-32)15-33/h7-8,13,17-18,24,32-34H,4-6,9-12,14-15H2,1-3H3,(H,28,29,35). The van der Waals surface area contributed by atoms with Crippen molar-refractivity contribution in [1.82, 2.24) is 23.9 Å². The van der Waals surface area contributed by atoms with Gasteiger partial charge in [-0.2, -0.15) is 0 Å². The van der Waals surface area contributed by atoms with Gasteiger partial charge in [0.25, 0.3) is 5.56 Å². The molecule has 38 heavy (non-hydrogen) atoms. The van der Waals surface area contributed by atoms with E-state index in [-0.39, 0.29) is 24.7 Å². The third-order valence-electron chi connectivity index (χ3n) is 7.09. The summed E-state index contributed by atoms with van der Waals surface area (Å²) >= 11 is 0. The topological polar surface area (TPSA) is 153 Å². The summed E-state index contributed by atoms with van der Waals surface area (Å²) in [6.07, 6.45) is 1.92. The number of imidazole rings is 1. The number of fused-ring (bicyclic) bond motifs is 1. The van der Waals surface area contributed by atoms with Gasteiger partial charge in [0.2, 0.25) is 0 Å². The Morgan fingerprint density at radius 2 is 1.92 bits per heavy atom. The lowest BCUT2D eigenvalue weighted by Crippen LogP contribution is -2.42. The molecule has 1 saturated heterocycles. The van der Waals surface area contributed by atoms with Crippen LogP contribution in [0.4, 0.5) is 0 Å². The highest BCUT2D eigenvalue weighted by molar-refractivity contribution is 7.82. The van der Waals surface area contributed by atoms with Gasteiger partial charge >= 0.3 is 0 Å². The Kier molecular flexibility index (Phi) is 9.32. The number of benzene rings is 1. The van der Waals surface area contributed by atoms with E-state index in [1.165, 1.54) is 0 Å². The van der Waals surface area contributed by atoms with Crippen LogP contribution in [0.3, 0.4) is 0 Å². The van der Waals surface area contributed by atoms with E-state index >= 15 is 0 Å². The number of piperidine rings is 1. The SMILES string of the molecule is CCCc1nc(C)c2c(=O)[nH]c(-c3cc(S(=O)N4CCC(C(O)C(CO)CO)CC4)ccc3OCC)nn12. The van der Waals surface area contributed by atoms with Gasteiger partial charge in [-0.05, 0) is 57.2 Å². The lowest BCUT2D eigenvalue weighted by atomic mass is 9.85. The summed E-state index contributed by atoms with van der Waals surface area (Å²) in [7, 11) is -1.49. The summed E-state index contributed by atoms with van der Waals surface area (Å²) < 4.78 is 22.8. The zero-order valence-electron chi connectivity index (χ0n) is 22.1. The average Bonchev–Trinajstić information content (AvgIpc) is 3.24.